The molecule has 0 radical (unpaired) electrons. The van der Waals surface area contributed by atoms with Gasteiger partial charge in [-0.1, -0.05) is 13.8 Å². The second-order valence-corrected chi connectivity index (χ2v) is 4.38. The van der Waals surface area contributed by atoms with Crippen molar-refractivity contribution < 1.29 is 9.90 Å². The van der Waals surface area contributed by atoms with Gasteiger partial charge in [0.25, 0.3) is 0 Å². The van der Waals surface area contributed by atoms with Crippen LogP contribution in [0.15, 0.2) is 4.99 Å². The molecule has 0 fully saturated rings. The number of aliphatic imine (C=N–C) groups is 1. The molecule has 0 aliphatic carbocycles. The van der Waals surface area contributed by atoms with E-state index in [1.165, 1.54) is 0 Å². The van der Waals surface area contributed by atoms with Crippen LogP contribution in [0.25, 0.3) is 0 Å². The standard InChI is InChI=1S/C8H13NO2S/c1-5(2)3-7-9-6(4-12-7)8(10)11/h5-6H,3-4H2,1-2H3,(H,10,11). The predicted octanol–water partition coefficient (Wildman–Crippen LogP) is 1.63. The Bertz CT molecular complexity index is 213. The predicted molar refractivity (Wildman–Crippen MR) is 50.8 cm³/mol. The van der Waals surface area contributed by atoms with Crippen LogP contribution < -0.4 is 0 Å². The van der Waals surface area contributed by atoms with Gasteiger partial charge in [-0.05, 0) is 12.3 Å². The fourth-order valence-corrected chi connectivity index (χ4v) is 2.23. The van der Waals surface area contributed by atoms with Gasteiger partial charge in [-0.2, -0.15) is 0 Å². The lowest BCUT2D eigenvalue weighted by Crippen LogP contribution is -2.17. The van der Waals surface area contributed by atoms with Gasteiger partial charge in [-0.3, -0.25) is 4.99 Å². The van der Waals surface area contributed by atoms with E-state index in [-0.39, 0.29) is 0 Å². The highest BCUT2D eigenvalue weighted by Gasteiger charge is 2.24. The number of hydrogen-bond donors (Lipinski definition) is 1. The first-order valence-corrected chi connectivity index (χ1v) is 5.00. The average molecular weight is 187 g/mol. The number of aliphatic carboxylic acids is 1. The maximum absolute atomic E-state index is 10.5. The number of carboxylic acid groups (broad SMARTS) is 1. The largest absolute Gasteiger partial charge is 0.480 e. The Labute approximate surface area is 76.3 Å². The van der Waals surface area contributed by atoms with Crippen molar-refractivity contribution in [2.24, 2.45) is 10.9 Å². The molecule has 1 N–H and O–H groups in total. The SMILES string of the molecule is CC(C)CC1=NC(C(=O)O)CS1. The molecule has 1 rings (SSSR count). The third-order valence-electron chi connectivity index (χ3n) is 1.58. The Kier molecular flexibility index (Phi) is 3.14. The van der Waals surface area contributed by atoms with Crippen molar-refractivity contribution in [3.8, 4) is 0 Å². The van der Waals surface area contributed by atoms with Crippen LogP contribution in [0.3, 0.4) is 0 Å². The normalized spacial score (nSPS) is 22.9. The molecule has 0 spiro atoms. The summed E-state index contributed by atoms with van der Waals surface area (Å²) in [6.07, 6.45) is 0.911. The molecule has 0 saturated heterocycles. The number of thioether (sulfide) groups is 1. The molecule has 0 saturated carbocycles. The van der Waals surface area contributed by atoms with Crippen LogP contribution in [0.2, 0.25) is 0 Å². The first-order chi connectivity index (χ1) is 5.59. The van der Waals surface area contributed by atoms with Gasteiger partial charge in [-0.25, -0.2) is 4.79 Å². The fraction of sp³-hybridized carbons (Fsp3) is 0.750. The van der Waals surface area contributed by atoms with E-state index in [9.17, 15) is 4.79 Å². The van der Waals surface area contributed by atoms with Gasteiger partial charge in [-0.15, -0.1) is 11.8 Å². The second-order valence-electron chi connectivity index (χ2n) is 3.29. The molecule has 0 amide bonds. The molecule has 12 heavy (non-hydrogen) atoms. The van der Waals surface area contributed by atoms with Crippen LogP contribution in [0.4, 0.5) is 0 Å². The third-order valence-corrected chi connectivity index (χ3v) is 2.66. The Morgan fingerprint density at radius 1 is 1.83 bits per heavy atom. The Morgan fingerprint density at radius 2 is 2.50 bits per heavy atom. The van der Waals surface area contributed by atoms with E-state index in [0.29, 0.717) is 11.7 Å². The molecule has 1 atom stereocenters. The smallest absolute Gasteiger partial charge is 0.329 e. The van der Waals surface area contributed by atoms with Crippen molar-refractivity contribution >= 4 is 22.8 Å². The van der Waals surface area contributed by atoms with Gasteiger partial charge in [0.05, 0.1) is 5.04 Å². The van der Waals surface area contributed by atoms with E-state index in [2.05, 4.69) is 18.8 Å². The summed E-state index contributed by atoms with van der Waals surface area (Å²) in [7, 11) is 0. The first kappa shape index (κ1) is 9.58. The lowest BCUT2D eigenvalue weighted by molar-refractivity contribution is -0.137. The average Bonchev–Trinajstić information content (AvgIpc) is 2.34. The summed E-state index contributed by atoms with van der Waals surface area (Å²) < 4.78 is 0. The molecule has 0 bridgehead atoms. The van der Waals surface area contributed by atoms with Crippen molar-refractivity contribution in [3.05, 3.63) is 0 Å². The van der Waals surface area contributed by atoms with Crippen molar-refractivity contribution in [1.82, 2.24) is 0 Å². The van der Waals surface area contributed by atoms with Crippen molar-refractivity contribution in [2.75, 3.05) is 5.75 Å². The van der Waals surface area contributed by atoms with Crippen molar-refractivity contribution in [3.63, 3.8) is 0 Å². The molecule has 0 aromatic heterocycles. The van der Waals surface area contributed by atoms with Crippen LogP contribution in [0.5, 0.6) is 0 Å². The second kappa shape index (κ2) is 3.94. The molecule has 1 aliphatic rings. The lowest BCUT2D eigenvalue weighted by Gasteiger charge is -2.01. The van der Waals surface area contributed by atoms with Crippen molar-refractivity contribution in [1.29, 1.82) is 0 Å². The maximum Gasteiger partial charge on any atom is 0.329 e. The summed E-state index contributed by atoms with van der Waals surface area (Å²) in [6, 6.07) is -0.497. The first-order valence-electron chi connectivity index (χ1n) is 4.02. The molecule has 1 heterocycles. The molecule has 3 nitrogen and oxygen atoms in total. The van der Waals surface area contributed by atoms with Gasteiger partial charge in [0, 0.05) is 5.75 Å². The van der Waals surface area contributed by atoms with E-state index >= 15 is 0 Å². The molecule has 68 valence electrons. The molecular weight excluding hydrogens is 174 g/mol. The van der Waals surface area contributed by atoms with Crippen LogP contribution in [0.1, 0.15) is 20.3 Å². The van der Waals surface area contributed by atoms with Crippen LogP contribution in [0, 0.1) is 5.92 Å². The van der Waals surface area contributed by atoms with E-state index in [1.54, 1.807) is 11.8 Å². The maximum atomic E-state index is 10.5. The van der Waals surface area contributed by atoms with Crippen LogP contribution in [-0.2, 0) is 4.79 Å². The zero-order valence-corrected chi connectivity index (χ0v) is 8.10. The highest BCUT2D eigenvalue weighted by molar-refractivity contribution is 8.14. The lowest BCUT2D eigenvalue weighted by atomic mass is 10.1. The van der Waals surface area contributed by atoms with Crippen LogP contribution >= 0.6 is 11.8 Å². The minimum Gasteiger partial charge on any atom is -0.480 e. The van der Waals surface area contributed by atoms with Gasteiger partial charge in [0.1, 0.15) is 0 Å². The minimum atomic E-state index is -0.804. The number of carboxylic acids is 1. The minimum absolute atomic E-state index is 0.497. The van der Waals surface area contributed by atoms with Crippen LogP contribution in [-0.4, -0.2) is 27.9 Å². The van der Waals surface area contributed by atoms with Gasteiger partial charge < -0.3 is 5.11 Å². The number of rotatable bonds is 3. The summed E-state index contributed by atoms with van der Waals surface area (Å²) in [5, 5.41) is 9.64. The summed E-state index contributed by atoms with van der Waals surface area (Å²) in [5.41, 5.74) is 0. The summed E-state index contributed by atoms with van der Waals surface area (Å²) >= 11 is 1.58. The van der Waals surface area contributed by atoms with E-state index in [4.69, 9.17) is 5.11 Å². The van der Waals surface area contributed by atoms with Gasteiger partial charge in [0.2, 0.25) is 0 Å². The van der Waals surface area contributed by atoms with E-state index in [0.717, 1.165) is 11.5 Å². The summed E-state index contributed by atoms with van der Waals surface area (Å²) in [5.74, 6) is 0.363. The van der Waals surface area contributed by atoms with Gasteiger partial charge in [0.15, 0.2) is 6.04 Å². The quantitative estimate of drug-likeness (QED) is 0.730. The van der Waals surface area contributed by atoms with Crippen molar-refractivity contribution in [2.45, 2.75) is 26.3 Å². The molecular formula is C8H13NO2S. The Morgan fingerprint density at radius 3 is 2.92 bits per heavy atom. The Hall–Kier alpha value is -0.510. The highest BCUT2D eigenvalue weighted by Crippen LogP contribution is 2.22. The molecule has 0 aromatic carbocycles. The monoisotopic (exact) mass is 187 g/mol. The third kappa shape index (κ3) is 2.52. The zero-order valence-electron chi connectivity index (χ0n) is 7.28. The molecule has 1 aliphatic heterocycles. The molecule has 1 unspecified atom stereocenters. The van der Waals surface area contributed by atoms with E-state index < -0.39 is 12.0 Å². The zero-order chi connectivity index (χ0) is 9.14. The molecule has 0 aromatic rings. The summed E-state index contributed by atoms with van der Waals surface area (Å²) in [6.45, 7) is 4.22. The van der Waals surface area contributed by atoms with Gasteiger partial charge >= 0.3 is 5.97 Å². The number of hydrogen-bond acceptors (Lipinski definition) is 3. The fourth-order valence-electron chi connectivity index (χ4n) is 1.01. The Balaban J connectivity index is 2.48. The van der Waals surface area contributed by atoms with E-state index in [1.807, 2.05) is 0 Å². The summed E-state index contributed by atoms with van der Waals surface area (Å²) in [4.78, 5) is 14.6. The number of carbonyl (C=O) groups is 1. The number of nitrogens with zero attached hydrogens (tertiary/aromatic N) is 1. The highest BCUT2D eigenvalue weighted by atomic mass is 32.2. The topological polar surface area (TPSA) is 49.7 Å². The molecule has 4 heteroatoms.